The lowest BCUT2D eigenvalue weighted by Crippen LogP contribution is -2.43. The second-order valence-corrected chi connectivity index (χ2v) is 7.31. The summed E-state index contributed by atoms with van der Waals surface area (Å²) in [6.45, 7) is 9.37. The molecule has 0 aliphatic rings. The number of carbonyl (C=O) groups excluding carboxylic acids is 2. The first-order valence-electron chi connectivity index (χ1n) is 8.43. The van der Waals surface area contributed by atoms with Crippen LogP contribution < -0.4 is 11.1 Å². The van der Waals surface area contributed by atoms with Crippen molar-refractivity contribution in [2.24, 2.45) is 0 Å². The van der Waals surface area contributed by atoms with Crippen LogP contribution in [0.4, 0.5) is 21.0 Å². The average Bonchev–Trinajstić information content (AvgIpc) is 2.50. The van der Waals surface area contributed by atoms with Crippen molar-refractivity contribution in [2.45, 2.75) is 59.5 Å². The van der Waals surface area contributed by atoms with E-state index in [-0.39, 0.29) is 6.54 Å². The number of nitrogens with two attached hydrogens (primary N) is 1. The fourth-order valence-corrected chi connectivity index (χ4v) is 2.27. The molecule has 3 N–H and O–H groups in total. The number of nitrogens with one attached hydrogen (secondary N) is 1. The molecule has 0 bridgehead atoms. The maximum Gasteiger partial charge on any atom is 0.418 e. The molecule has 0 aromatic heterocycles. The molecule has 0 fully saturated rings. The third-order valence-corrected chi connectivity index (χ3v) is 3.94. The zero-order valence-corrected chi connectivity index (χ0v) is 16.4. The Kier molecular flexibility index (Phi) is 7.55. The van der Waals surface area contributed by atoms with Gasteiger partial charge >= 0.3 is 12.1 Å². The van der Waals surface area contributed by atoms with E-state index in [1.807, 2.05) is 0 Å². The lowest BCUT2D eigenvalue weighted by molar-refractivity contribution is 0.0330. The van der Waals surface area contributed by atoms with Crippen molar-refractivity contribution in [3.05, 3.63) is 22.7 Å². The molecule has 25 heavy (non-hydrogen) atoms. The van der Waals surface area contributed by atoms with Crippen molar-refractivity contribution in [3.63, 3.8) is 0 Å². The van der Waals surface area contributed by atoms with Crippen molar-refractivity contribution in [3.8, 4) is 0 Å². The highest BCUT2D eigenvalue weighted by atomic mass is 35.5. The summed E-state index contributed by atoms with van der Waals surface area (Å²) in [7, 11) is 0. The smallest absolute Gasteiger partial charge is 0.418 e. The van der Waals surface area contributed by atoms with E-state index in [1.165, 1.54) is 0 Å². The van der Waals surface area contributed by atoms with E-state index in [1.54, 1.807) is 39.8 Å². The summed E-state index contributed by atoms with van der Waals surface area (Å²) in [6.07, 6.45) is 1.92. The first-order chi connectivity index (χ1) is 11.6. The molecule has 0 spiro atoms. The Morgan fingerprint density at radius 3 is 2.48 bits per heavy atom. The molecule has 0 saturated heterocycles. The number of ether oxygens (including phenoxy) is 1. The number of hydrogen-bond donors (Lipinski definition) is 2. The van der Waals surface area contributed by atoms with Gasteiger partial charge in [0.1, 0.15) is 5.60 Å². The average molecular weight is 370 g/mol. The number of nitrogens with zero attached hydrogens (tertiary/aromatic N) is 1. The fourth-order valence-electron chi connectivity index (χ4n) is 2.11. The monoisotopic (exact) mass is 369 g/mol. The van der Waals surface area contributed by atoms with Gasteiger partial charge in [-0.25, -0.2) is 14.5 Å². The van der Waals surface area contributed by atoms with Gasteiger partial charge in [-0.2, -0.15) is 0 Å². The molecule has 1 rings (SSSR count). The number of amides is 3. The molecule has 3 amide bonds. The molecular weight excluding hydrogens is 342 g/mol. The number of anilines is 2. The van der Waals surface area contributed by atoms with Gasteiger partial charge in [0.05, 0.1) is 11.4 Å². The molecule has 6 nitrogen and oxygen atoms in total. The van der Waals surface area contributed by atoms with Gasteiger partial charge < -0.3 is 15.8 Å². The third-order valence-electron chi connectivity index (χ3n) is 3.53. The number of halogens is 1. The van der Waals surface area contributed by atoms with Crippen LogP contribution in [0.2, 0.25) is 5.02 Å². The number of urea groups is 1. The fraction of sp³-hybridized carbons (Fsp3) is 0.556. The second kappa shape index (κ2) is 8.94. The van der Waals surface area contributed by atoms with Crippen LogP contribution in [0.3, 0.4) is 0 Å². The summed E-state index contributed by atoms with van der Waals surface area (Å²) in [4.78, 5) is 26.1. The van der Waals surface area contributed by atoms with Gasteiger partial charge in [0.2, 0.25) is 0 Å². The Bertz CT molecular complexity index is 627. The van der Waals surface area contributed by atoms with Crippen molar-refractivity contribution < 1.29 is 14.3 Å². The SMILES string of the molecule is CCCCCN(C(=O)Nc1ccc(Cl)c(C)c1N)C(=O)OC(C)(C)C. The summed E-state index contributed by atoms with van der Waals surface area (Å²) >= 11 is 6.02. The van der Waals surface area contributed by atoms with Gasteiger partial charge in [-0.05, 0) is 51.8 Å². The van der Waals surface area contributed by atoms with Crippen LogP contribution in [0.25, 0.3) is 0 Å². The summed E-state index contributed by atoms with van der Waals surface area (Å²) in [5.74, 6) is 0. The van der Waals surface area contributed by atoms with E-state index < -0.39 is 17.7 Å². The lowest BCUT2D eigenvalue weighted by Gasteiger charge is -2.26. The number of carbonyl (C=O) groups is 2. The molecule has 0 aliphatic carbocycles. The maximum absolute atomic E-state index is 12.6. The van der Waals surface area contributed by atoms with Crippen molar-refractivity contribution in [1.29, 1.82) is 0 Å². The van der Waals surface area contributed by atoms with E-state index in [4.69, 9.17) is 22.1 Å². The van der Waals surface area contributed by atoms with Crippen LogP contribution in [0.1, 0.15) is 52.5 Å². The topological polar surface area (TPSA) is 84.7 Å². The minimum absolute atomic E-state index is 0.279. The van der Waals surface area contributed by atoms with Crippen molar-refractivity contribution in [1.82, 2.24) is 4.90 Å². The second-order valence-electron chi connectivity index (χ2n) is 6.90. The van der Waals surface area contributed by atoms with Crippen LogP contribution in [0, 0.1) is 6.92 Å². The Hall–Kier alpha value is -1.95. The highest BCUT2D eigenvalue weighted by Gasteiger charge is 2.27. The standard InChI is InChI=1S/C18H28ClN3O3/c1-6-7-8-11-22(17(24)25-18(3,4)5)16(23)21-14-10-9-13(19)12(2)15(14)20/h9-10H,6-8,11,20H2,1-5H3,(H,21,23). The zero-order chi connectivity index (χ0) is 19.2. The quantitative estimate of drug-likeness (QED) is 0.552. The van der Waals surface area contributed by atoms with E-state index in [2.05, 4.69) is 12.2 Å². The number of nitrogen functional groups attached to an aromatic ring is 1. The molecule has 1 aromatic carbocycles. The first-order valence-corrected chi connectivity index (χ1v) is 8.80. The summed E-state index contributed by atoms with van der Waals surface area (Å²) in [6, 6.07) is 2.69. The van der Waals surface area contributed by atoms with Gasteiger partial charge in [0, 0.05) is 11.6 Å². The van der Waals surface area contributed by atoms with Crippen molar-refractivity contribution >= 4 is 35.1 Å². The molecule has 0 heterocycles. The molecule has 0 aliphatic heterocycles. The summed E-state index contributed by atoms with van der Waals surface area (Å²) in [5.41, 5.74) is 6.78. The van der Waals surface area contributed by atoms with E-state index in [0.29, 0.717) is 28.4 Å². The normalized spacial score (nSPS) is 11.1. The summed E-state index contributed by atoms with van der Waals surface area (Å²) in [5, 5.41) is 3.19. The first kappa shape index (κ1) is 21.1. The van der Waals surface area contributed by atoms with Gasteiger partial charge in [0.25, 0.3) is 0 Å². The van der Waals surface area contributed by atoms with Crippen LogP contribution >= 0.6 is 11.6 Å². The molecular formula is C18H28ClN3O3. The van der Waals surface area contributed by atoms with Gasteiger partial charge in [0.15, 0.2) is 0 Å². The molecule has 0 radical (unpaired) electrons. The number of unbranched alkanes of at least 4 members (excludes halogenated alkanes) is 2. The predicted molar refractivity (Wildman–Crippen MR) is 102 cm³/mol. The molecule has 0 saturated carbocycles. The van der Waals surface area contributed by atoms with Crippen LogP contribution in [0.15, 0.2) is 12.1 Å². The minimum atomic E-state index is -0.684. The van der Waals surface area contributed by atoms with Crippen LogP contribution in [-0.4, -0.2) is 29.2 Å². The molecule has 7 heteroatoms. The molecule has 140 valence electrons. The van der Waals surface area contributed by atoms with Crippen molar-refractivity contribution in [2.75, 3.05) is 17.6 Å². The Balaban J connectivity index is 2.95. The number of rotatable bonds is 5. The van der Waals surface area contributed by atoms with E-state index >= 15 is 0 Å². The Labute approximate surface area is 154 Å². The largest absolute Gasteiger partial charge is 0.443 e. The third kappa shape index (κ3) is 6.46. The van der Waals surface area contributed by atoms with Gasteiger partial charge in [-0.3, -0.25) is 0 Å². The highest BCUT2D eigenvalue weighted by molar-refractivity contribution is 6.32. The van der Waals surface area contributed by atoms with Gasteiger partial charge in [-0.1, -0.05) is 31.4 Å². The molecule has 1 aromatic rings. The van der Waals surface area contributed by atoms with E-state index in [0.717, 1.165) is 17.7 Å². The van der Waals surface area contributed by atoms with Crippen LogP contribution in [-0.2, 0) is 4.74 Å². The molecule has 0 atom stereocenters. The predicted octanol–water partition coefficient (Wildman–Crippen LogP) is 5.19. The number of imide groups is 1. The maximum atomic E-state index is 12.6. The number of benzene rings is 1. The van der Waals surface area contributed by atoms with Crippen LogP contribution in [0.5, 0.6) is 0 Å². The minimum Gasteiger partial charge on any atom is -0.443 e. The highest BCUT2D eigenvalue weighted by Crippen LogP contribution is 2.28. The Morgan fingerprint density at radius 1 is 1.28 bits per heavy atom. The van der Waals surface area contributed by atoms with E-state index in [9.17, 15) is 9.59 Å². The summed E-state index contributed by atoms with van der Waals surface area (Å²) < 4.78 is 5.34. The lowest BCUT2D eigenvalue weighted by atomic mass is 10.1. The Morgan fingerprint density at radius 2 is 1.92 bits per heavy atom. The van der Waals surface area contributed by atoms with Gasteiger partial charge in [-0.15, -0.1) is 0 Å². The zero-order valence-electron chi connectivity index (χ0n) is 15.6. The molecule has 0 unspecified atom stereocenters. The number of hydrogen-bond acceptors (Lipinski definition) is 4.